The minimum atomic E-state index is -0.332. The van der Waals surface area contributed by atoms with E-state index in [0.29, 0.717) is 18.4 Å². The summed E-state index contributed by atoms with van der Waals surface area (Å²) in [6.07, 6.45) is 0. The lowest BCUT2D eigenvalue weighted by molar-refractivity contribution is -0.380. The SMILES string of the molecule is CC1(C)[C@H](CN)[C@H]1c1ccc([N+](=O)[O-])s1. The Labute approximate surface area is 92.2 Å². The van der Waals surface area contributed by atoms with Gasteiger partial charge in [-0.2, -0.15) is 0 Å². The Balaban J connectivity index is 2.22. The van der Waals surface area contributed by atoms with Crippen molar-refractivity contribution in [3.63, 3.8) is 0 Å². The third-order valence-corrected chi connectivity index (χ3v) is 4.52. The molecule has 0 radical (unpaired) electrons. The van der Waals surface area contributed by atoms with Gasteiger partial charge in [-0.15, -0.1) is 0 Å². The number of rotatable bonds is 3. The van der Waals surface area contributed by atoms with Crippen LogP contribution in [0.3, 0.4) is 0 Å². The van der Waals surface area contributed by atoms with E-state index in [2.05, 4.69) is 13.8 Å². The van der Waals surface area contributed by atoms with Crippen LogP contribution in [0.4, 0.5) is 5.00 Å². The van der Waals surface area contributed by atoms with Crippen LogP contribution in [0.1, 0.15) is 24.6 Å². The van der Waals surface area contributed by atoms with Crippen molar-refractivity contribution in [3.05, 3.63) is 27.1 Å². The molecule has 0 aliphatic heterocycles. The van der Waals surface area contributed by atoms with Gasteiger partial charge in [0, 0.05) is 16.9 Å². The largest absolute Gasteiger partial charge is 0.330 e. The van der Waals surface area contributed by atoms with E-state index in [4.69, 9.17) is 5.73 Å². The summed E-state index contributed by atoms with van der Waals surface area (Å²) in [6.45, 7) is 4.99. The molecule has 0 saturated heterocycles. The fourth-order valence-electron chi connectivity index (χ4n) is 2.36. The first kappa shape index (κ1) is 10.6. The minimum Gasteiger partial charge on any atom is -0.330 e. The summed E-state index contributed by atoms with van der Waals surface area (Å²) in [4.78, 5) is 11.3. The standard InChI is InChI=1S/C10H14N2O2S/c1-10(2)6(5-11)9(10)7-3-4-8(15-7)12(13)14/h3-4,6,9H,5,11H2,1-2H3/t6-,9+/m1/s1. The fourth-order valence-corrected chi connectivity index (χ4v) is 3.54. The van der Waals surface area contributed by atoms with Gasteiger partial charge < -0.3 is 5.73 Å². The smallest absolute Gasteiger partial charge is 0.324 e. The van der Waals surface area contributed by atoms with E-state index >= 15 is 0 Å². The second kappa shape index (κ2) is 3.28. The van der Waals surface area contributed by atoms with Crippen molar-refractivity contribution in [3.8, 4) is 0 Å². The number of hydrogen-bond acceptors (Lipinski definition) is 4. The summed E-state index contributed by atoms with van der Waals surface area (Å²) >= 11 is 1.28. The van der Waals surface area contributed by atoms with Crippen LogP contribution in [0.2, 0.25) is 0 Å². The van der Waals surface area contributed by atoms with E-state index in [-0.39, 0.29) is 15.3 Å². The Kier molecular flexibility index (Phi) is 2.31. The van der Waals surface area contributed by atoms with E-state index in [1.165, 1.54) is 11.3 Å². The molecule has 1 fully saturated rings. The van der Waals surface area contributed by atoms with Gasteiger partial charge in [0.15, 0.2) is 0 Å². The zero-order valence-electron chi connectivity index (χ0n) is 8.77. The molecule has 4 nitrogen and oxygen atoms in total. The van der Waals surface area contributed by atoms with E-state index < -0.39 is 0 Å². The van der Waals surface area contributed by atoms with Crippen molar-refractivity contribution < 1.29 is 4.92 Å². The van der Waals surface area contributed by atoms with Crippen LogP contribution >= 0.6 is 11.3 Å². The van der Waals surface area contributed by atoms with Crippen LogP contribution in [-0.4, -0.2) is 11.5 Å². The molecule has 2 rings (SSSR count). The number of nitrogens with zero attached hydrogens (tertiary/aromatic N) is 1. The predicted molar refractivity (Wildman–Crippen MR) is 60.0 cm³/mol. The number of nitrogens with two attached hydrogens (primary N) is 1. The molecule has 0 spiro atoms. The van der Waals surface area contributed by atoms with Crippen molar-refractivity contribution >= 4 is 16.3 Å². The normalized spacial score (nSPS) is 27.7. The third-order valence-electron chi connectivity index (χ3n) is 3.40. The summed E-state index contributed by atoms with van der Waals surface area (Å²) in [5.74, 6) is 0.872. The van der Waals surface area contributed by atoms with Crippen LogP contribution in [0.5, 0.6) is 0 Å². The first-order valence-electron chi connectivity index (χ1n) is 4.92. The third kappa shape index (κ3) is 1.55. The zero-order chi connectivity index (χ0) is 11.2. The lowest BCUT2D eigenvalue weighted by atomic mass is 10.1. The Bertz CT molecular complexity index is 400. The highest BCUT2D eigenvalue weighted by Crippen LogP contribution is 2.65. The lowest BCUT2D eigenvalue weighted by Crippen LogP contribution is -2.05. The summed E-state index contributed by atoms with van der Waals surface area (Å²) < 4.78 is 0. The van der Waals surface area contributed by atoms with Gasteiger partial charge >= 0.3 is 5.00 Å². The summed E-state index contributed by atoms with van der Waals surface area (Å²) in [6, 6.07) is 3.45. The van der Waals surface area contributed by atoms with E-state index in [1.807, 2.05) is 6.07 Å². The van der Waals surface area contributed by atoms with Crippen molar-refractivity contribution in [1.29, 1.82) is 0 Å². The van der Waals surface area contributed by atoms with Gasteiger partial charge in [0.05, 0.1) is 4.92 Å². The van der Waals surface area contributed by atoms with Gasteiger partial charge in [-0.25, -0.2) is 0 Å². The molecule has 1 heterocycles. The molecule has 15 heavy (non-hydrogen) atoms. The van der Waals surface area contributed by atoms with E-state index in [9.17, 15) is 10.1 Å². The van der Waals surface area contributed by atoms with E-state index in [1.54, 1.807) is 6.07 Å². The van der Waals surface area contributed by atoms with Crippen molar-refractivity contribution in [2.75, 3.05) is 6.54 Å². The van der Waals surface area contributed by atoms with Crippen molar-refractivity contribution in [2.24, 2.45) is 17.1 Å². The maximum absolute atomic E-state index is 10.6. The molecule has 0 bridgehead atoms. The average Bonchev–Trinajstić information content (AvgIpc) is 2.58. The quantitative estimate of drug-likeness (QED) is 0.635. The van der Waals surface area contributed by atoms with Crippen LogP contribution < -0.4 is 5.73 Å². The monoisotopic (exact) mass is 226 g/mol. The fraction of sp³-hybridized carbons (Fsp3) is 0.600. The zero-order valence-corrected chi connectivity index (χ0v) is 9.58. The molecular weight excluding hydrogens is 212 g/mol. The molecule has 1 aromatic rings. The first-order valence-corrected chi connectivity index (χ1v) is 5.74. The number of nitro groups is 1. The second-order valence-corrected chi connectivity index (χ2v) is 5.67. The average molecular weight is 226 g/mol. The molecule has 82 valence electrons. The molecule has 0 unspecified atom stereocenters. The highest BCUT2D eigenvalue weighted by molar-refractivity contribution is 7.15. The molecule has 0 aromatic carbocycles. The topological polar surface area (TPSA) is 69.2 Å². The van der Waals surface area contributed by atoms with Gasteiger partial charge in [0.1, 0.15) is 0 Å². The van der Waals surface area contributed by atoms with Gasteiger partial charge in [-0.1, -0.05) is 25.2 Å². The van der Waals surface area contributed by atoms with Crippen LogP contribution in [0, 0.1) is 21.4 Å². The van der Waals surface area contributed by atoms with Gasteiger partial charge in [-0.05, 0) is 23.9 Å². The highest BCUT2D eigenvalue weighted by atomic mass is 32.1. The molecule has 0 amide bonds. The van der Waals surface area contributed by atoms with Crippen LogP contribution in [0.15, 0.2) is 12.1 Å². The molecular formula is C10H14N2O2S. The molecule has 5 heteroatoms. The first-order chi connectivity index (χ1) is 6.98. The summed E-state index contributed by atoms with van der Waals surface area (Å²) in [5.41, 5.74) is 5.88. The van der Waals surface area contributed by atoms with E-state index in [0.717, 1.165) is 4.88 Å². The highest BCUT2D eigenvalue weighted by Gasteiger charge is 2.58. The predicted octanol–water partition coefficient (Wildman–Crippen LogP) is 2.35. The second-order valence-electron chi connectivity index (χ2n) is 4.57. The molecule has 1 aromatic heterocycles. The van der Waals surface area contributed by atoms with Crippen LogP contribution in [0.25, 0.3) is 0 Å². The number of hydrogen-bond donors (Lipinski definition) is 1. The summed E-state index contributed by atoms with van der Waals surface area (Å²) in [7, 11) is 0. The van der Waals surface area contributed by atoms with Crippen molar-refractivity contribution in [1.82, 2.24) is 0 Å². The van der Waals surface area contributed by atoms with Gasteiger partial charge in [0.2, 0.25) is 0 Å². The summed E-state index contributed by atoms with van der Waals surface area (Å²) in [5, 5.41) is 10.8. The molecule has 1 aliphatic rings. The van der Waals surface area contributed by atoms with Crippen LogP contribution in [-0.2, 0) is 0 Å². The maximum atomic E-state index is 10.6. The minimum absolute atomic E-state index is 0.202. The maximum Gasteiger partial charge on any atom is 0.324 e. The lowest BCUT2D eigenvalue weighted by Gasteiger charge is -1.98. The Morgan fingerprint density at radius 3 is 2.67 bits per heavy atom. The number of thiophene rings is 1. The molecule has 1 aliphatic carbocycles. The molecule has 2 N–H and O–H groups in total. The molecule has 1 saturated carbocycles. The van der Waals surface area contributed by atoms with Gasteiger partial charge in [0.25, 0.3) is 0 Å². The Morgan fingerprint density at radius 1 is 1.60 bits per heavy atom. The Hall–Kier alpha value is -0.940. The molecule has 2 atom stereocenters. The van der Waals surface area contributed by atoms with Gasteiger partial charge in [-0.3, -0.25) is 10.1 Å². The van der Waals surface area contributed by atoms with Crippen molar-refractivity contribution in [2.45, 2.75) is 19.8 Å². The Morgan fingerprint density at radius 2 is 2.27 bits per heavy atom.